The molecule has 0 heterocycles. The number of ether oxygens (including phenoxy) is 1. The zero-order valence-electron chi connectivity index (χ0n) is 16.7. The summed E-state index contributed by atoms with van der Waals surface area (Å²) < 4.78 is 5.17. The van der Waals surface area contributed by atoms with E-state index in [1.807, 2.05) is 37.8 Å². The minimum absolute atomic E-state index is 0.179. The van der Waals surface area contributed by atoms with Crippen molar-refractivity contribution in [3.8, 4) is 5.75 Å². The van der Waals surface area contributed by atoms with Crippen molar-refractivity contribution >= 4 is 11.9 Å². The summed E-state index contributed by atoms with van der Waals surface area (Å²) in [6.45, 7) is 9.70. The van der Waals surface area contributed by atoms with Gasteiger partial charge in [0.1, 0.15) is 5.75 Å². The molecule has 2 N–H and O–H groups in total. The third-order valence-electron chi connectivity index (χ3n) is 4.14. The molecule has 0 bridgehead atoms. The van der Waals surface area contributed by atoms with Crippen LogP contribution in [0.25, 0.3) is 0 Å². The molecule has 6 heteroatoms. The smallest absolute Gasteiger partial charge is 0.224 e. The molecule has 1 amide bonds. The Bertz CT molecular complexity index is 539. The number of carbonyl (C=O) groups excluding carboxylic acids is 1. The van der Waals surface area contributed by atoms with Crippen molar-refractivity contribution in [2.45, 2.75) is 40.0 Å². The molecule has 0 saturated carbocycles. The lowest BCUT2D eigenvalue weighted by atomic mass is 10.1. The summed E-state index contributed by atoms with van der Waals surface area (Å²) >= 11 is 0. The fourth-order valence-electron chi connectivity index (χ4n) is 2.63. The van der Waals surface area contributed by atoms with Crippen LogP contribution in [0, 0.1) is 0 Å². The van der Waals surface area contributed by atoms with Crippen LogP contribution in [-0.4, -0.2) is 56.6 Å². The molecular weight excluding hydrogens is 328 g/mol. The van der Waals surface area contributed by atoms with E-state index < -0.39 is 0 Å². The van der Waals surface area contributed by atoms with Crippen LogP contribution in [0.4, 0.5) is 0 Å². The number of nitrogens with one attached hydrogen (secondary N) is 2. The van der Waals surface area contributed by atoms with Crippen LogP contribution < -0.4 is 15.4 Å². The van der Waals surface area contributed by atoms with Gasteiger partial charge in [0, 0.05) is 39.1 Å². The number of carbonyl (C=O) groups is 1. The predicted octanol–water partition coefficient (Wildman–Crippen LogP) is 2.44. The third kappa shape index (κ3) is 8.23. The lowest BCUT2D eigenvalue weighted by molar-refractivity contribution is -0.130. The topological polar surface area (TPSA) is 66.0 Å². The van der Waals surface area contributed by atoms with Crippen molar-refractivity contribution < 1.29 is 9.53 Å². The van der Waals surface area contributed by atoms with E-state index in [2.05, 4.69) is 27.8 Å². The van der Waals surface area contributed by atoms with E-state index in [1.54, 1.807) is 7.11 Å². The Balaban J connectivity index is 2.36. The van der Waals surface area contributed by atoms with Crippen LogP contribution in [0.5, 0.6) is 5.75 Å². The number of guanidine groups is 1. The molecule has 1 aromatic rings. The average molecular weight is 363 g/mol. The largest absolute Gasteiger partial charge is 0.497 e. The van der Waals surface area contributed by atoms with Crippen LogP contribution in [0.1, 0.15) is 39.2 Å². The van der Waals surface area contributed by atoms with Crippen molar-refractivity contribution in [2.24, 2.45) is 4.99 Å². The summed E-state index contributed by atoms with van der Waals surface area (Å²) in [7, 11) is 1.68. The van der Waals surface area contributed by atoms with Gasteiger partial charge in [0.2, 0.25) is 5.91 Å². The molecule has 0 unspecified atom stereocenters. The molecule has 26 heavy (non-hydrogen) atoms. The highest BCUT2D eigenvalue weighted by Crippen LogP contribution is 2.12. The Kier molecular flexibility index (Phi) is 10.9. The number of rotatable bonds is 11. The molecule has 0 aliphatic rings. The first kappa shape index (κ1) is 21.8. The first-order chi connectivity index (χ1) is 12.6. The number of aryl methyl sites for hydroxylation is 1. The van der Waals surface area contributed by atoms with Gasteiger partial charge in [-0.05, 0) is 51.3 Å². The number of amides is 1. The van der Waals surface area contributed by atoms with Gasteiger partial charge in [-0.15, -0.1) is 0 Å². The summed E-state index contributed by atoms with van der Waals surface area (Å²) in [5.74, 6) is 1.83. The van der Waals surface area contributed by atoms with Gasteiger partial charge in [-0.2, -0.15) is 0 Å². The average Bonchev–Trinajstić information content (AvgIpc) is 2.66. The van der Waals surface area contributed by atoms with E-state index in [-0.39, 0.29) is 5.91 Å². The van der Waals surface area contributed by atoms with Crippen LogP contribution in [0.15, 0.2) is 29.3 Å². The Labute approximate surface area is 158 Å². The third-order valence-corrected chi connectivity index (χ3v) is 4.14. The first-order valence-corrected chi connectivity index (χ1v) is 9.57. The number of methoxy groups -OCH3 is 1. The van der Waals surface area contributed by atoms with E-state index >= 15 is 0 Å². The van der Waals surface area contributed by atoms with Crippen molar-refractivity contribution in [2.75, 3.05) is 39.8 Å². The maximum Gasteiger partial charge on any atom is 0.224 e. The van der Waals surface area contributed by atoms with Gasteiger partial charge in [-0.25, -0.2) is 0 Å². The molecule has 0 spiro atoms. The molecule has 6 nitrogen and oxygen atoms in total. The number of benzene rings is 1. The molecule has 0 aliphatic heterocycles. The first-order valence-electron chi connectivity index (χ1n) is 9.57. The molecule has 0 aliphatic carbocycles. The predicted molar refractivity (Wildman–Crippen MR) is 108 cm³/mol. The van der Waals surface area contributed by atoms with Gasteiger partial charge in [-0.3, -0.25) is 9.79 Å². The van der Waals surface area contributed by atoms with Crippen molar-refractivity contribution in [1.82, 2.24) is 15.5 Å². The molecule has 0 fully saturated rings. The maximum absolute atomic E-state index is 12.0. The molecular formula is C20H34N4O2. The second-order valence-corrected chi connectivity index (χ2v) is 5.96. The summed E-state index contributed by atoms with van der Waals surface area (Å²) in [5, 5.41) is 6.47. The summed E-state index contributed by atoms with van der Waals surface area (Å²) in [6, 6.07) is 8.14. The minimum Gasteiger partial charge on any atom is -0.497 e. The molecule has 0 radical (unpaired) electrons. The van der Waals surface area contributed by atoms with Crippen LogP contribution >= 0.6 is 0 Å². The zero-order valence-corrected chi connectivity index (χ0v) is 16.7. The molecule has 0 saturated heterocycles. The van der Waals surface area contributed by atoms with Crippen molar-refractivity contribution in [3.05, 3.63) is 29.8 Å². The monoisotopic (exact) mass is 362 g/mol. The lowest BCUT2D eigenvalue weighted by Crippen LogP contribution is -2.40. The highest BCUT2D eigenvalue weighted by Gasteiger charge is 2.09. The standard InChI is InChI=1S/C20H34N4O2/c1-5-21-20(23-16-14-19(25)24(6-2)7-3)22-15-8-9-17-10-12-18(26-4)13-11-17/h10-13H,5-9,14-16H2,1-4H3,(H2,21,22,23). The van der Waals surface area contributed by atoms with E-state index in [1.165, 1.54) is 5.56 Å². The summed E-state index contributed by atoms with van der Waals surface area (Å²) in [4.78, 5) is 18.5. The van der Waals surface area contributed by atoms with Crippen LogP contribution in [0.2, 0.25) is 0 Å². The summed E-state index contributed by atoms with van der Waals surface area (Å²) in [5.41, 5.74) is 1.28. The van der Waals surface area contributed by atoms with Crippen LogP contribution in [0.3, 0.4) is 0 Å². The minimum atomic E-state index is 0.179. The summed E-state index contributed by atoms with van der Waals surface area (Å²) in [6.07, 6.45) is 2.44. The fourth-order valence-corrected chi connectivity index (χ4v) is 2.63. The Morgan fingerprint density at radius 2 is 1.81 bits per heavy atom. The van der Waals surface area contributed by atoms with Crippen LogP contribution in [-0.2, 0) is 11.2 Å². The Morgan fingerprint density at radius 1 is 1.12 bits per heavy atom. The molecule has 1 rings (SSSR count). The second kappa shape index (κ2) is 13.0. The van der Waals surface area contributed by atoms with Gasteiger partial charge < -0.3 is 20.3 Å². The molecule has 0 aromatic heterocycles. The fraction of sp³-hybridized carbons (Fsp3) is 0.600. The quantitative estimate of drug-likeness (QED) is 0.360. The highest BCUT2D eigenvalue weighted by atomic mass is 16.5. The second-order valence-electron chi connectivity index (χ2n) is 5.96. The number of hydrogen-bond acceptors (Lipinski definition) is 3. The van der Waals surface area contributed by atoms with Gasteiger partial charge in [0.05, 0.1) is 7.11 Å². The normalized spacial score (nSPS) is 11.2. The highest BCUT2D eigenvalue weighted by molar-refractivity contribution is 5.81. The van der Waals surface area contributed by atoms with Crippen molar-refractivity contribution in [1.29, 1.82) is 0 Å². The Hall–Kier alpha value is -2.24. The molecule has 0 atom stereocenters. The van der Waals surface area contributed by atoms with E-state index in [0.717, 1.165) is 50.7 Å². The van der Waals surface area contributed by atoms with Gasteiger partial charge >= 0.3 is 0 Å². The molecule has 146 valence electrons. The van der Waals surface area contributed by atoms with E-state index in [0.29, 0.717) is 13.0 Å². The van der Waals surface area contributed by atoms with E-state index in [9.17, 15) is 4.79 Å². The number of hydrogen-bond donors (Lipinski definition) is 2. The number of aliphatic imine (C=N–C) groups is 1. The Morgan fingerprint density at radius 3 is 2.38 bits per heavy atom. The van der Waals surface area contributed by atoms with Gasteiger partial charge in [-0.1, -0.05) is 12.1 Å². The molecule has 1 aromatic carbocycles. The SMILES string of the molecule is CCNC(=NCCCc1ccc(OC)cc1)NCCC(=O)N(CC)CC. The number of nitrogens with zero attached hydrogens (tertiary/aromatic N) is 2. The zero-order chi connectivity index (χ0) is 19.2. The van der Waals surface area contributed by atoms with E-state index in [4.69, 9.17) is 4.74 Å². The lowest BCUT2D eigenvalue weighted by Gasteiger charge is -2.19. The maximum atomic E-state index is 12.0. The van der Waals surface area contributed by atoms with Gasteiger partial charge in [0.15, 0.2) is 5.96 Å². The van der Waals surface area contributed by atoms with Gasteiger partial charge in [0.25, 0.3) is 0 Å². The van der Waals surface area contributed by atoms with Crippen molar-refractivity contribution in [3.63, 3.8) is 0 Å².